The molecule has 0 atom stereocenters. The van der Waals surface area contributed by atoms with Crippen molar-refractivity contribution in [1.82, 2.24) is 4.98 Å². The largest absolute Gasteiger partial charge is 0.465 e. The van der Waals surface area contributed by atoms with Crippen molar-refractivity contribution in [3.05, 3.63) is 30.0 Å². The van der Waals surface area contributed by atoms with Crippen LogP contribution in [-0.2, 0) is 4.74 Å². The van der Waals surface area contributed by atoms with Gasteiger partial charge in [-0.05, 0) is 30.4 Å². The molecule has 1 aromatic heterocycles. The minimum atomic E-state index is -0.369. The second kappa shape index (κ2) is 4.42. The summed E-state index contributed by atoms with van der Waals surface area (Å²) < 4.78 is 4.68. The Kier molecular flexibility index (Phi) is 2.97. The van der Waals surface area contributed by atoms with E-state index in [2.05, 4.69) is 15.0 Å². The Morgan fingerprint density at radius 1 is 1.53 bits per heavy atom. The summed E-state index contributed by atoms with van der Waals surface area (Å²) in [5, 5.41) is 3.82. The first-order chi connectivity index (χ1) is 8.11. The van der Waals surface area contributed by atoms with Gasteiger partial charge in [0.15, 0.2) is 5.11 Å². The third-order valence-corrected chi connectivity index (χ3v) is 2.46. The number of esters is 1. The van der Waals surface area contributed by atoms with Crippen LogP contribution in [0.3, 0.4) is 0 Å². The van der Waals surface area contributed by atoms with Gasteiger partial charge in [0.05, 0.1) is 12.7 Å². The van der Waals surface area contributed by atoms with Crippen LogP contribution < -0.4 is 11.1 Å². The number of H-pyrrole nitrogens is 1. The lowest BCUT2D eigenvalue weighted by Crippen LogP contribution is -2.18. The predicted octanol–water partition coefficient (Wildman–Crippen LogP) is 1.61. The lowest BCUT2D eigenvalue weighted by Gasteiger charge is -2.03. The SMILES string of the molecule is COC(=O)c1c[nH]c2cc(NC(N)=S)ccc12. The number of carbonyl (C=O) groups excluding carboxylic acids is 1. The zero-order valence-corrected chi connectivity index (χ0v) is 9.93. The number of anilines is 1. The highest BCUT2D eigenvalue weighted by molar-refractivity contribution is 7.80. The molecular formula is C11H11N3O2S. The standard InChI is InChI=1S/C11H11N3O2S/c1-16-10(15)8-5-13-9-4-6(14-11(12)17)2-3-7(8)9/h2-5,13H,1H3,(H3,12,14,17). The number of aromatic nitrogens is 1. The van der Waals surface area contributed by atoms with Crippen LogP contribution in [0.5, 0.6) is 0 Å². The van der Waals surface area contributed by atoms with Gasteiger partial charge in [0.1, 0.15) is 0 Å². The van der Waals surface area contributed by atoms with Crippen molar-refractivity contribution in [2.45, 2.75) is 0 Å². The maximum absolute atomic E-state index is 11.5. The number of thiocarbonyl (C=S) groups is 1. The third kappa shape index (κ3) is 2.21. The Morgan fingerprint density at radius 2 is 2.29 bits per heavy atom. The van der Waals surface area contributed by atoms with Crippen molar-refractivity contribution < 1.29 is 9.53 Å². The fourth-order valence-corrected chi connectivity index (χ4v) is 1.74. The van der Waals surface area contributed by atoms with E-state index in [9.17, 15) is 4.79 Å². The maximum Gasteiger partial charge on any atom is 0.340 e. The Hall–Kier alpha value is -2.08. The van der Waals surface area contributed by atoms with Gasteiger partial charge in [-0.3, -0.25) is 0 Å². The first-order valence-corrected chi connectivity index (χ1v) is 5.28. The van der Waals surface area contributed by atoms with E-state index in [4.69, 9.17) is 18.0 Å². The van der Waals surface area contributed by atoms with Gasteiger partial charge in [-0.2, -0.15) is 0 Å². The number of hydrogen-bond acceptors (Lipinski definition) is 3. The maximum atomic E-state index is 11.5. The van der Waals surface area contributed by atoms with E-state index in [0.717, 1.165) is 16.6 Å². The van der Waals surface area contributed by atoms with Crippen LogP contribution in [0.2, 0.25) is 0 Å². The molecule has 88 valence electrons. The molecule has 17 heavy (non-hydrogen) atoms. The highest BCUT2D eigenvalue weighted by Crippen LogP contribution is 2.22. The fourth-order valence-electron chi connectivity index (χ4n) is 1.63. The monoisotopic (exact) mass is 249 g/mol. The topological polar surface area (TPSA) is 80.1 Å². The van der Waals surface area contributed by atoms with Crippen molar-refractivity contribution in [2.75, 3.05) is 12.4 Å². The average molecular weight is 249 g/mol. The van der Waals surface area contributed by atoms with E-state index in [1.54, 1.807) is 18.3 Å². The van der Waals surface area contributed by atoms with Gasteiger partial charge < -0.3 is 20.8 Å². The average Bonchev–Trinajstić information content (AvgIpc) is 2.70. The smallest absolute Gasteiger partial charge is 0.340 e. The Balaban J connectivity index is 2.44. The summed E-state index contributed by atoms with van der Waals surface area (Å²) in [7, 11) is 1.35. The number of methoxy groups -OCH3 is 1. The van der Waals surface area contributed by atoms with Crippen LogP contribution >= 0.6 is 12.2 Å². The van der Waals surface area contributed by atoms with Crippen LogP contribution in [0.1, 0.15) is 10.4 Å². The molecule has 0 aliphatic heterocycles. The molecule has 1 heterocycles. The van der Waals surface area contributed by atoms with Crippen molar-refractivity contribution in [3.63, 3.8) is 0 Å². The molecule has 2 rings (SSSR count). The molecule has 0 radical (unpaired) electrons. The van der Waals surface area contributed by atoms with Crippen molar-refractivity contribution >= 4 is 39.9 Å². The number of nitrogens with one attached hydrogen (secondary N) is 2. The van der Waals surface area contributed by atoms with Gasteiger partial charge in [0.25, 0.3) is 0 Å². The molecule has 0 amide bonds. The molecule has 0 aliphatic carbocycles. The highest BCUT2D eigenvalue weighted by Gasteiger charge is 2.12. The molecule has 0 saturated heterocycles. The Labute approximate surface area is 103 Å². The van der Waals surface area contributed by atoms with E-state index in [1.807, 2.05) is 6.07 Å². The van der Waals surface area contributed by atoms with Crippen molar-refractivity contribution in [3.8, 4) is 0 Å². The molecule has 6 heteroatoms. The predicted molar refractivity (Wildman–Crippen MR) is 70.0 cm³/mol. The number of aromatic amines is 1. The van der Waals surface area contributed by atoms with Crippen LogP contribution in [-0.4, -0.2) is 23.2 Å². The van der Waals surface area contributed by atoms with Crippen LogP contribution in [0.25, 0.3) is 10.9 Å². The fraction of sp³-hybridized carbons (Fsp3) is 0.0909. The summed E-state index contributed by atoms with van der Waals surface area (Å²) >= 11 is 4.75. The summed E-state index contributed by atoms with van der Waals surface area (Å²) in [6.07, 6.45) is 1.61. The number of fused-ring (bicyclic) bond motifs is 1. The van der Waals surface area contributed by atoms with E-state index in [1.165, 1.54) is 7.11 Å². The van der Waals surface area contributed by atoms with E-state index >= 15 is 0 Å². The summed E-state index contributed by atoms with van der Waals surface area (Å²) in [6, 6.07) is 5.42. The van der Waals surface area contributed by atoms with Gasteiger partial charge in [-0.25, -0.2) is 4.79 Å². The molecule has 0 saturated carbocycles. The first-order valence-electron chi connectivity index (χ1n) is 4.87. The van der Waals surface area contributed by atoms with E-state index in [0.29, 0.717) is 5.56 Å². The lowest BCUT2D eigenvalue weighted by molar-refractivity contribution is 0.0603. The van der Waals surface area contributed by atoms with Gasteiger partial charge >= 0.3 is 5.97 Å². The lowest BCUT2D eigenvalue weighted by atomic mass is 10.1. The zero-order valence-electron chi connectivity index (χ0n) is 9.11. The van der Waals surface area contributed by atoms with Gasteiger partial charge in [0.2, 0.25) is 0 Å². The molecule has 5 nitrogen and oxygen atoms in total. The first kappa shape index (κ1) is 11.4. The Bertz CT molecular complexity index is 591. The number of carbonyl (C=O) groups is 1. The number of benzene rings is 1. The van der Waals surface area contributed by atoms with Gasteiger partial charge in [-0.1, -0.05) is 0 Å². The third-order valence-electron chi connectivity index (χ3n) is 2.35. The van der Waals surface area contributed by atoms with Crippen LogP contribution in [0.4, 0.5) is 5.69 Å². The molecule has 0 aliphatic rings. The molecular weight excluding hydrogens is 238 g/mol. The molecule has 1 aromatic carbocycles. The number of rotatable bonds is 2. The number of hydrogen-bond donors (Lipinski definition) is 3. The van der Waals surface area contributed by atoms with E-state index < -0.39 is 0 Å². The summed E-state index contributed by atoms with van der Waals surface area (Å²) in [6.45, 7) is 0. The summed E-state index contributed by atoms with van der Waals surface area (Å²) in [5.74, 6) is -0.369. The van der Waals surface area contributed by atoms with Gasteiger partial charge in [-0.15, -0.1) is 0 Å². The van der Waals surface area contributed by atoms with Gasteiger partial charge in [0, 0.05) is 22.8 Å². The minimum absolute atomic E-state index is 0.198. The molecule has 0 bridgehead atoms. The molecule has 0 fully saturated rings. The number of nitrogens with two attached hydrogens (primary N) is 1. The zero-order chi connectivity index (χ0) is 12.4. The van der Waals surface area contributed by atoms with Crippen LogP contribution in [0.15, 0.2) is 24.4 Å². The van der Waals surface area contributed by atoms with E-state index in [-0.39, 0.29) is 11.1 Å². The Morgan fingerprint density at radius 3 is 2.94 bits per heavy atom. The summed E-state index contributed by atoms with van der Waals surface area (Å²) in [5.41, 5.74) is 7.46. The molecule has 2 aromatic rings. The minimum Gasteiger partial charge on any atom is -0.465 e. The quantitative estimate of drug-likeness (QED) is 0.556. The highest BCUT2D eigenvalue weighted by atomic mass is 32.1. The number of ether oxygens (including phenoxy) is 1. The normalized spacial score (nSPS) is 10.2. The van der Waals surface area contributed by atoms with Crippen LogP contribution in [0, 0.1) is 0 Å². The molecule has 0 spiro atoms. The molecule has 0 unspecified atom stereocenters. The second-order valence-corrected chi connectivity index (χ2v) is 3.88. The summed E-state index contributed by atoms with van der Waals surface area (Å²) in [4.78, 5) is 14.4. The second-order valence-electron chi connectivity index (χ2n) is 3.44. The molecule has 4 N–H and O–H groups in total. The van der Waals surface area contributed by atoms with Crippen molar-refractivity contribution in [2.24, 2.45) is 5.73 Å². The van der Waals surface area contributed by atoms with Crippen molar-refractivity contribution in [1.29, 1.82) is 0 Å².